The van der Waals surface area contributed by atoms with Crippen molar-refractivity contribution < 1.29 is 9.53 Å². The van der Waals surface area contributed by atoms with Crippen LogP contribution in [0.2, 0.25) is 0 Å². The summed E-state index contributed by atoms with van der Waals surface area (Å²) in [5, 5.41) is 3.53. The van der Waals surface area contributed by atoms with E-state index in [1.165, 1.54) is 22.5 Å². The van der Waals surface area contributed by atoms with Gasteiger partial charge in [-0.25, -0.2) is 4.98 Å². The quantitative estimate of drug-likeness (QED) is 0.485. The van der Waals surface area contributed by atoms with E-state index in [9.17, 15) is 4.79 Å². The SMILES string of the molecule is CCc1ccc(OCCCC(=O)Nc2nc3ccc(C)cc3s2)c(Br)c1. The first kappa shape index (κ1) is 18.9. The molecule has 0 spiro atoms. The maximum absolute atomic E-state index is 12.1. The molecule has 0 fully saturated rings. The minimum Gasteiger partial charge on any atom is -0.492 e. The number of fused-ring (bicyclic) bond motifs is 1. The lowest BCUT2D eigenvalue weighted by atomic mass is 10.2. The van der Waals surface area contributed by atoms with E-state index in [1.54, 1.807) is 0 Å². The first-order valence-corrected chi connectivity index (χ1v) is 10.2. The van der Waals surface area contributed by atoms with Crippen LogP contribution < -0.4 is 10.1 Å². The summed E-state index contributed by atoms with van der Waals surface area (Å²) in [6.07, 6.45) is 2.04. The Morgan fingerprint density at radius 2 is 2.12 bits per heavy atom. The van der Waals surface area contributed by atoms with Gasteiger partial charge in [-0.1, -0.05) is 30.4 Å². The van der Waals surface area contributed by atoms with Gasteiger partial charge in [0.2, 0.25) is 5.91 Å². The van der Waals surface area contributed by atoms with Crippen LogP contribution in [0.1, 0.15) is 30.9 Å². The molecule has 26 heavy (non-hydrogen) atoms. The summed E-state index contributed by atoms with van der Waals surface area (Å²) in [4.78, 5) is 16.6. The smallest absolute Gasteiger partial charge is 0.226 e. The van der Waals surface area contributed by atoms with Crippen molar-refractivity contribution in [3.8, 4) is 5.75 Å². The molecular weight excluding hydrogens is 412 g/mol. The van der Waals surface area contributed by atoms with Gasteiger partial charge in [0.15, 0.2) is 5.13 Å². The van der Waals surface area contributed by atoms with E-state index < -0.39 is 0 Å². The fraction of sp³-hybridized carbons (Fsp3) is 0.300. The molecule has 0 radical (unpaired) electrons. The van der Waals surface area contributed by atoms with Crippen LogP contribution >= 0.6 is 27.3 Å². The fourth-order valence-electron chi connectivity index (χ4n) is 2.56. The number of halogens is 1. The number of rotatable bonds is 7. The molecule has 1 heterocycles. The second kappa shape index (κ2) is 8.64. The number of hydrogen-bond donors (Lipinski definition) is 1. The predicted molar refractivity (Wildman–Crippen MR) is 111 cm³/mol. The van der Waals surface area contributed by atoms with E-state index in [4.69, 9.17) is 4.74 Å². The van der Waals surface area contributed by atoms with E-state index in [0.29, 0.717) is 24.6 Å². The number of ether oxygens (including phenoxy) is 1. The molecule has 0 saturated carbocycles. The summed E-state index contributed by atoms with van der Waals surface area (Å²) in [7, 11) is 0. The number of benzene rings is 2. The fourth-order valence-corrected chi connectivity index (χ4v) is 4.08. The largest absolute Gasteiger partial charge is 0.492 e. The van der Waals surface area contributed by atoms with Gasteiger partial charge in [-0.05, 0) is 71.1 Å². The first-order valence-electron chi connectivity index (χ1n) is 8.63. The Bertz CT molecular complexity index is 923. The molecule has 1 amide bonds. The molecule has 0 saturated heterocycles. The van der Waals surface area contributed by atoms with Gasteiger partial charge in [0.05, 0.1) is 21.3 Å². The van der Waals surface area contributed by atoms with Crippen LogP contribution in [0.4, 0.5) is 5.13 Å². The average molecular weight is 433 g/mol. The zero-order valence-corrected chi connectivity index (χ0v) is 17.2. The number of carbonyl (C=O) groups excluding carboxylic acids is 1. The van der Waals surface area contributed by atoms with Gasteiger partial charge < -0.3 is 10.1 Å². The number of hydrogen-bond acceptors (Lipinski definition) is 4. The van der Waals surface area contributed by atoms with Crippen LogP contribution in [-0.2, 0) is 11.2 Å². The highest BCUT2D eigenvalue weighted by atomic mass is 79.9. The van der Waals surface area contributed by atoms with Crippen molar-refractivity contribution in [2.45, 2.75) is 33.1 Å². The van der Waals surface area contributed by atoms with Crippen molar-refractivity contribution in [1.29, 1.82) is 0 Å². The van der Waals surface area contributed by atoms with Crippen molar-refractivity contribution >= 4 is 48.5 Å². The van der Waals surface area contributed by atoms with Crippen LogP contribution in [0.25, 0.3) is 10.2 Å². The number of anilines is 1. The Labute approximate surface area is 165 Å². The highest BCUT2D eigenvalue weighted by Crippen LogP contribution is 2.27. The number of nitrogens with zero attached hydrogens (tertiary/aromatic N) is 1. The Morgan fingerprint density at radius 3 is 2.88 bits per heavy atom. The number of carbonyl (C=O) groups is 1. The van der Waals surface area contributed by atoms with Crippen LogP contribution in [0, 0.1) is 6.92 Å². The maximum Gasteiger partial charge on any atom is 0.226 e. The van der Waals surface area contributed by atoms with Crippen molar-refractivity contribution in [2.24, 2.45) is 0 Å². The van der Waals surface area contributed by atoms with E-state index in [2.05, 4.69) is 51.4 Å². The summed E-state index contributed by atoms with van der Waals surface area (Å²) < 4.78 is 7.80. The molecule has 136 valence electrons. The summed E-state index contributed by atoms with van der Waals surface area (Å²) in [6, 6.07) is 12.2. The van der Waals surface area contributed by atoms with Gasteiger partial charge in [-0.3, -0.25) is 4.79 Å². The monoisotopic (exact) mass is 432 g/mol. The molecule has 0 aliphatic rings. The molecule has 0 aliphatic heterocycles. The molecule has 0 bridgehead atoms. The molecule has 6 heteroatoms. The molecule has 0 unspecified atom stereocenters. The topological polar surface area (TPSA) is 51.2 Å². The van der Waals surface area contributed by atoms with Crippen molar-refractivity contribution in [3.05, 3.63) is 52.0 Å². The molecule has 4 nitrogen and oxygen atoms in total. The molecule has 2 aromatic carbocycles. The third-order valence-corrected chi connectivity index (χ3v) is 5.55. The molecular formula is C20H21BrN2O2S. The van der Waals surface area contributed by atoms with Crippen LogP contribution in [0.3, 0.4) is 0 Å². The summed E-state index contributed by atoms with van der Waals surface area (Å²) >= 11 is 5.02. The average Bonchev–Trinajstić information content (AvgIpc) is 3.00. The van der Waals surface area contributed by atoms with Crippen molar-refractivity contribution in [2.75, 3.05) is 11.9 Å². The maximum atomic E-state index is 12.1. The standard InChI is InChI=1S/C20H21BrN2O2S/c1-3-14-7-9-17(15(21)12-14)25-10-4-5-19(24)23-20-22-16-8-6-13(2)11-18(16)26-20/h6-9,11-12H,3-5,10H2,1-2H3,(H,22,23,24). The normalized spacial score (nSPS) is 10.9. The minimum absolute atomic E-state index is 0.0372. The van der Waals surface area contributed by atoms with E-state index in [-0.39, 0.29) is 5.91 Å². The van der Waals surface area contributed by atoms with Crippen LogP contribution in [-0.4, -0.2) is 17.5 Å². The predicted octanol–water partition coefficient (Wildman–Crippen LogP) is 5.73. The number of amides is 1. The molecule has 1 aromatic heterocycles. The second-order valence-electron chi connectivity index (χ2n) is 6.11. The van der Waals surface area contributed by atoms with Crippen molar-refractivity contribution in [3.63, 3.8) is 0 Å². The Balaban J connectivity index is 1.46. The number of aromatic nitrogens is 1. The van der Waals surface area contributed by atoms with Gasteiger partial charge in [-0.15, -0.1) is 0 Å². The zero-order chi connectivity index (χ0) is 18.5. The van der Waals surface area contributed by atoms with Gasteiger partial charge in [0, 0.05) is 6.42 Å². The third kappa shape index (κ3) is 4.83. The number of nitrogens with one attached hydrogen (secondary N) is 1. The lowest BCUT2D eigenvalue weighted by Gasteiger charge is -2.09. The Morgan fingerprint density at radius 1 is 1.27 bits per heavy atom. The Hall–Kier alpha value is -1.92. The molecule has 1 N–H and O–H groups in total. The van der Waals surface area contributed by atoms with Crippen molar-refractivity contribution in [1.82, 2.24) is 4.98 Å². The highest BCUT2D eigenvalue weighted by molar-refractivity contribution is 9.10. The lowest BCUT2D eigenvalue weighted by molar-refractivity contribution is -0.116. The summed E-state index contributed by atoms with van der Waals surface area (Å²) in [5.41, 5.74) is 3.36. The zero-order valence-electron chi connectivity index (χ0n) is 14.8. The first-order chi connectivity index (χ1) is 12.5. The highest BCUT2D eigenvalue weighted by Gasteiger charge is 2.08. The molecule has 0 atom stereocenters. The summed E-state index contributed by atoms with van der Waals surface area (Å²) in [6.45, 7) is 4.66. The third-order valence-electron chi connectivity index (χ3n) is 4.00. The van der Waals surface area contributed by atoms with Gasteiger partial charge in [-0.2, -0.15) is 0 Å². The minimum atomic E-state index is -0.0372. The lowest BCUT2D eigenvalue weighted by Crippen LogP contribution is -2.12. The second-order valence-corrected chi connectivity index (χ2v) is 7.99. The molecule has 3 rings (SSSR count). The summed E-state index contributed by atoms with van der Waals surface area (Å²) in [5.74, 6) is 0.772. The Kier molecular flexibility index (Phi) is 6.27. The van der Waals surface area contributed by atoms with Crippen LogP contribution in [0.15, 0.2) is 40.9 Å². The van der Waals surface area contributed by atoms with Crippen LogP contribution in [0.5, 0.6) is 5.75 Å². The van der Waals surface area contributed by atoms with Gasteiger partial charge >= 0.3 is 0 Å². The van der Waals surface area contributed by atoms with E-state index in [1.807, 2.05) is 25.1 Å². The number of aryl methyl sites for hydroxylation is 2. The number of thiazole rings is 1. The van der Waals surface area contributed by atoms with Gasteiger partial charge in [0.25, 0.3) is 0 Å². The van der Waals surface area contributed by atoms with E-state index >= 15 is 0 Å². The van der Waals surface area contributed by atoms with E-state index in [0.717, 1.165) is 26.9 Å². The molecule has 0 aliphatic carbocycles. The van der Waals surface area contributed by atoms with Gasteiger partial charge in [0.1, 0.15) is 5.75 Å². The molecule has 3 aromatic rings.